The van der Waals surface area contributed by atoms with E-state index < -0.39 is 5.97 Å². The number of ether oxygens (including phenoxy) is 1. The lowest BCUT2D eigenvalue weighted by Gasteiger charge is -2.06. The summed E-state index contributed by atoms with van der Waals surface area (Å²) in [5.74, 6) is -0.634. The van der Waals surface area contributed by atoms with Crippen molar-refractivity contribution in [1.82, 2.24) is 0 Å². The molecule has 0 radical (unpaired) electrons. The van der Waals surface area contributed by atoms with E-state index in [4.69, 9.17) is 4.74 Å². The Morgan fingerprint density at radius 1 is 1.27 bits per heavy atom. The largest absolute Gasteiger partial charge is 0.462 e. The standard InChI is InChI=1S/C16H16INO3S/c1-3-12-9-13(16(20)21-4-2)15(22-12)18-14(19)10-6-5-7-11(17)8-10/h5-9H,3-4H2,1-2H3,(H,18,19). The lowest BCUT2D eigenvalue weighted by Crippen LogP contribution is -2.14. The van der Waals surface area contributed by atoms with Gasteiger partial charge in [0.15, 0.2) is 0 Å². The maximum absolute atomic E-state index is 12.3. The number of carbonyl (C=O) groups is 2. The molecule has 0 aliphatic carbocycles. The number of hydrogen-bond donors (Lipinski definition) is 1. The van der Waals surface area contributed by atoms with Gasteiger partial charge in [-0.15, -0.1) is 11.3 Å². The van der Waals surface area contributed by atoms with Gasteiger partial charge in [-0.25, -0.2) is 4.79 Å². The van der Waals surface area contributed by atoms with Crippen molar-refractivity contribution >= 4 is 50.8 Å². The molecule has 4 nitrogen and oxygen atoms in total. The quantitative estimate of drug-likeness (QED) is 0.568. The van der Waals surface area contributed by atoms with Crippen molar-refractivity contribution in [2.45, 2.75) is 20.3 Å². The maximum Gasteiger partial charge on any atom is 0.341 e. The Hall–Kier alpha value is -1.41. The zero-order valence-electron chi connectivity index (χ0n) is 12.3. The first-order valence-electron chi connectivity index (χ1n) is 6.91. The summed E-state index contributed by atoms with van der Waals surface area (Å²) < 4.78 is 6.03. The number of aryl methyl sites for hydroxylation is 1. The summed E-state index contributed by atoms with van der Waals surface area (Å²) in [6, 6.07) is 9.08. The van der Waals surface area contributed by atoms with Gasteiger partial charge in [0.2, 0.25) is 0 Å². The third kappa shape index (κ3) is 4.07. The number of halogens is 1. The first-order valence-corrected chi connectivity index (χ1v) is 8.81. The van der Waals surface area contributed by atoms with Gasteiger partial charge in [-0.05, 0) is 60.2 Å². The molecule has 0 aliphatic rings. The molecule has 22 heavy (non-hydrogen) atoms. The molecular formula is C16H16INO3S. The van der Waals surface area contributed by atoms with Gasteiger partial charge in [-0.2, -0.15) is 0 Å². The number of rotatable bonds is 5. The fraction of sp³-hybridized carbons (Fsp3) is 0.250. The van der Waals surface area contributed by atoms with Crippen LogP contribution in [0, 0.1) is 3.57 Å². The molecule has 0 atom stereocenters. The number of nitrogens with one attached hydrogen (secondary N) is 1. The van der Waals surface area contributed by atoms with Crippen LogP contribution < -0.4 is 5.32 Å². The van der Waals surface area contributed by atoms with Gasteiger partial charge in [0, 0.05) is 14.0 Å². The third-order valence-corrected chi connectivity index (χ3v) is 4.81. The minimum absolute atomic E-state index is 0.228. The number of carbonyl (C=O) groups excluding carboxylic acids is 2. The average Bonchev–Trinajstić information content (AvgIpc) is 2.90. The summed E-state index contributed by atoms with van der Waals surface area (Å²) in [7, 11) is 0. The predicted octanol–water partition coefficient (Wildman–Crippen LogP) is 4.34. The maximum atomic E-state index is 12.3. The van der Waals surface area contributed by atoms with E-state index >= 15 is 0 Å². The highest BCUT2D eigenvalue weighted by atomic mass is 127. The molecule has 2 rings (SSSR count). The van der Waals surface area contributed by atoms with Crippen molar-refractivity contribution in [2.24, 2.45) is 0 Å². The Bertz CT molecular complexity index is 696. The first-order chi connectivity index (χ1) is 10.5. The van der Waals surface area contributed by atoms with Crippen LogP contribution in [0.2, 0.25) is 0 Å². The lowest BCUT2D eigenvalue weighted by atomic mass is 10.2. The summed E-state index contributed by atoms with van der Waals surface area (Å²) >= 11 is 3.56. The predicted molar refractivity (Wildman–Crippen MR) is 96.8 cm³/mol. The average molecular weight is 429 g/mol. The van der Waals surface area contributed by atoms with Crippen LogP contribution in [0.5, 0.6) is 0 Å². The van der Waals surface area contributed by atoms with Gasteiger partial charge >= 0.3 is 5.97 Å². The van der Waals surface area contributed by atoms with Crippen molar-refractivity contribution < 1.29 is 14.3 Å². The second-order valence-electron chi connectivity index (χ2n) is 4.49. The van der Waals surface area contributed by atoms with Crippen LogP contribution in [0.15, 0.2) is 30.3 Å². The van der Waals surface area contributed by atoms with E-state index in [9.17, 15) is 9.59 Å². The highest BCUT2D eigenvalue weighted by Crippen LogP contribution is 2.29. The molecular weight excluding hydrogens is 413 g/mol. The molecule has 1 aromatic carbocycles. The minimum Gasteiger partial charge on any atom is -0.462 e. The number of hydrogen-bond acceptors (Lipinski definition) is 4. The Balaban J connectivity index is 2.26. The van der Waals surface area contributed by atoms with E-state index in [1.54, 1.807) is 25.1 Å². The molecule has 0 bridgehead atoms. The smallest absolute Gasteiger partial charge is 0.341 e. The summed E-state index contributed by atoms with van der Waals surface area (Å²) in [5, 5.41) is 3.36. The fourth-order valence-corrected chi connectivity index (χ4v) is 3.40. The van der Waals surface area contributed by atoms with Gasteiger partial charge in [-0.3, -0.25) is 4.79 Å². The van der Waals surface area contributed by atoms with Crippen LogP contribution in [0.25, 0.3) is 0 Å². The molecule has 1 aromatic heterocycles. The van der Waals surface area contributed by atoms with Crippen LogP contribution in [-0.4, -0.2) is 18.5 Å². The van der Waals surface area contributed by atoms with E-state index in [-0.39, 0.29) is 5.91 Å². The monoisotopic (exact) mass is 429 g/mol. The highest BCUT2D eigenvalue weighted by Gasteiger charge is 2.19. The van der Waals surface area contributed by atoms with Crippen LogP contribution in [0.4, 0.5) is 5.00 Å². The molecule has 0 fully saturated rings. The van der Waals surface area contributed by atoms with E-state index in [1.807, 2.05) is 19.1 Å². The van der Waals surface area contributed by atoms with Crippen molar-refractivity contribution in [1.29, 1.82) is 0 Å². The van der Waals surface area contributed by atoms with Crippen LogP contribution in [-0.2, 0) is 11.2 Å². The van der Waals surface area contributed by atoms with Gasteiger partial charge in [-0.1, -0.05) is 13.0 Å². The molecule has 1 heterocycles. The van der Waals surface area contributed by atoms with Crippen molar-refractivity contribution in [2.75, 3.05) is 11.9 Å². The highest BCUT2D eigenvalue weighted by molar-refractivity contribution is 14.1. The zero-order chi connectivity index (χ0) is 16.1. The van der Waals surface area contributed by atoms with Gasteiger partial charge in [0.25, 0.3) is 5.91 Å². The number of esters is 1. The first kappa shape index (κ1) is 17.0. The second kappa shape index (κ2) is 7.73. The summed E-state index contributed by atoms with van der Waals surface area (Å²) in [6.07, 6.45) is 0.802. The van der Waals surface area contributed by atoms with Crippen LogP contribution in [0.1, 0.15) is 39.4 Å². The number of thiophene rings is 1. The van der Waals surface area contributed by atoms with Crippen LogP contribution in [0.3, 0.4) is 0 Å². The lowest BCUT2D eigenvalue weighted by molar-refractivity contribution is 0.0528. The Kier molecular flexibility index (Phi) is 5.96. The molecule has 6 heteroatoms. The minimum atomic E-state index is -0.406. The van der Waals surface area contributed by atoms with Crippen molar-refractivity contribution in [3.05, 3.63) is 49.9 Å². The van der Waals surface area contributed by atoms with Gasteiger partial charge in [0.05, 0.1) is 12.2 Å². The Labute approximate surface area is 147 Å². The van der Waals surface area contributed by atoms with E-state index in [1.165, 1.54) is 11.3 Å². The molecule has 0 saturated heterocycles. The molecule has 2 aromatic rings. The van der Waals surface area contributed by atoms with E-state index in [0.717, 1.165) is 14.9 Å². The van der Waals surface area contributed by atoms with Crippen LogP contribution >= 0.6 is 33.9 Å². The van der Waals surface area contributed by atoms with E-state index in [0.29, 0.717) is 22.7 Å². The SMILES string of the molecule is CCOC(=O)c1cc(CC)sc1NC(=O)c1cccc(I)c1. The molecule has 1 N–H and O–H groups in total. The van der Waals surface area contributed by atoms with Crippen molar-refractivity contribution in [3.63, 3.8) is 0 Å². The molecule has 0 spiro atoms. The molecule has 1 amide bonds. The van der Waals surface area contributed by atoms with Gasteiger partial charge in [0.1, 0.15) is 5.00 Å². The summed E-state index contributed by atoms with van der Waals surface area (Å²) in [4.78, 5) is 25.4. The summed E-state index contributed by atoms with van der Waals surface area (Å²) in [5.41, 5.74) is 0.982. The number of anilines is 1. The van der Waals surface area contributed by atoms with E-state index in [2.05, 4.69) is 27.9 Å². The van der Waals surface area contributed by atoms with Crippen molar-refractivity contribution in [3.8, 4) is 0 Å². The molecule has 0 saturated carbocycles. The normalized spacial score (nSPS) is 10.3. The summed E-state index contributed by atoms with van der Waals surface area (Å²) in [6.45, 7) is 4.07. The third-order valence-electron chi connectivity index (χ3n) is 2.94. The number of benzene rings is 1. The fourth-order valence-electron chi connectivity index (χ4n) is 1.87. The topological polar surface area (TPSA) is 55.4 Å². The molecule has 0 aliphatic heterocycles. The molecule has 0 unspecified atom stereocenters. The van der Waals surface area contributed by atoms with Gasteiger partial charge < -0.3 is 10.1 Å². The molecule has 116 valence electrons. The Morgan fingerprint density at radius 3 is 2.68 bits per heavy atom. The zero-order valence-corrected chi connectivity index (χ0v) is 15.3. The number of amides is 1. The Morgan fingerprint density at radius 2 is 2.05 bits per heavy atom. The second-order valence-corrected chi connectivity index (χ2v) is 6.88.